The van der Waals surface area contributed by atoms with E-state index in [0.29, 0.717) is 22.3 Å². The van der Waals surface area contributed by atoms with Crippen molar-refractivity contribution in [3.8, 4) is 5.75 Å². The summed E-state index contributed by atoms with van der Waals surface area (Å²) in [6.45, 7) is -0.215. The van der Waals surface area contributed by atoms with Gasteiger partial charge in [-0.3, -0.25) is 28.9 Å². The van der Waals surface area contributed by atoms with Gasteiger partial charge in [0, 0.05) is 24.0 Å². The molecule has 3 aromatic rings. The molecule has 6 atom stereocenters. The number of rotatable bonds is 6. The van der Waals surface area contributed by atoms with E-state index in [0.717, 1.165) is 10.5 Å². The third kappa shape index (κ3) is 4.30. The van der Waals surface area contributed by atoms with Crippen LogP contribution in [0.25, 0.3) is 5.57 Å². The number of Topliss-reactive ketones (excluding diaryl/α,β-unsaturated/α-hetero) is 1. The van der Waals surface area contributed by atoms with Crippen LogP contribution in [0.2, 0.25) is 0 Å². The molecule has 0 spiro atoms. The van der Waals surface area contributed by atoms with Gasteiger partial charge in [0.1, 0.15) is 5.75 Å². The van der Waals surface area contributed by atoms with Crippen LogP contribution in [0.1, 0.15) is 41.9 Å². The highest BCUT2D eigenvalue weighted by atomic mass is 16.4. The summed E-state index contributed by atoms with van der Waals surface area (Å²) in [6.07, 6.45) is 3.47. The van der Waals surface area contributed by atoms with E-state index in [2.05, 4.69) is 0 Å². The minimum Gasteiger partial charge on any atom is -0.508 e. The Hall–Kier alpha value is -5.11. The Balaban J connectivity index is 1.46. The first-order chi connectivity index (χ1) is 21.7. The Morgan fingerprint density at radius 2 is 1.58 bits per heavy atom. The van der Waals surface area contributed by atoms with E-state index in [4.69, 9.17) is 0 Å². The number of nitrogens with zero attached hydrogens (tertiary/aromatic N) is 1. The molecule has 8 nitrogen and oxygen atoms in total. The molecule has 7 rings (SSSR count). The highest BCUT2D eigenvalue weighted by Gasteiger charge is 2.65. The van der Waals surface area contributed by atoms with Crippen LogP contribution in [0.5, 0.6) is 5.75 Å². The molecule has 1 heterocycles. The second-order valence-corrected chi connectivity index (χ2v) is 12.4. The monoisotopic (exact) mass is 601 g/mol. The van der Waals surface area contributed by atoms with Crippen molar-refractivity contribution in [3.05, 3.63) is 119 Å². The van der Waals surface area contributed by atoms with E-state index in [-0.39, 0.29) is 43.1 Å². The number of phenols is 1. The second kappa shape index (κ2) is 10.8. The lowest BCUT2D eigenvalue weighted by atomic mass is 9.44. The fraction of sp³-hybridized carbons (Fsp3) is 0.270. The summed E-state index contributed by atoms with van der Waals surface area (Å²) in [4.78, 5) is 69.4. The Bertz CT molecular complexity index is 1810. The van der Waals surface area contributed by atoms with Crippen molar-refractivity contribution in [2.75, 3.05) is 6.54 Å². The predicted molar refractivity (Wildman–Crippen MR) is 164 cm³/mol. The zero-order chi connectivity index (χ0) is 31.5. The number of carbonyl (C=O) groups excluding carboxylic acids is 4. The van der Waals surface area contributed by atoms with E-state index < -0.39 is 52.8 Å². The maximum atomic E-state index is 14.9. The van der Waals surface area contributed by atoms with Gasteiger partial charge in [0.25, 0.3) is 0 Å². The molecule has 2 fully saturated rings. The van der Waals surface area contributed by atoms with Gasteiger partial charge in [0.15, 0.2) is 11.6 Å². The van der Waals surface area contributed by atoms with Gasteiger partial charge in [-0.2, -0.15) is 0 Å². The lowest BCUT2D eigenvalue weighted by molar-refractivity contribution is -0.142. The Morgan fingerprint density at radius 3 is 2.27 bits per heavy atom. The molecular formula is C37H31NO7. The fourth-order valence-corrected chi connectivity index (χ4v) is 8.45. The molecule has 226 valence electrons. The number of carboxylic acids is 1. The number of carbonyl (C=O) groups is 5. The van der Waals surface area contributed by atoms with Crippen molar-refractivity contribution in [3.63, 3.8) is 0 Å². The van der Waals surface area contributed by atoms with Crippen LogP contribution >= 0.6 is 0 Å². The maximum absolute atomic E-state index is 14.9. The molecule has 4 aliphatic rings. The van der Waals surface area contributed by atoms with Gasteiger partial charge in [-0.15, -0.1) is 0 Å². The Kier molecular flexibility index (Phi) is 6.88. The van der Waals surface area contributed by atoms with Crippen LogP contribution in [-0.2, 0) is 29.4 Å². The summed E-state index contributed by atoms with van der Waals surface area (Å²) in [6, 6.07) is 25.0. The lowest BCUT2D eigenvalue weighted by Crippen LogP contribution is -2.58. The number of phenolic OH excluding ortho intramolecular Hbond substituents is 1. The van der Waals surface area contributed by atoms with E-state index >= 15 is 0 Å². The number of carboxylic acid groups (broad SMARTS) is 1. The SMILES string of the molecule is O=C(O)CCN1C(=O)[C@H]2[C@H](CC=C3[C@H]2C[C@H]2C(=O)C(c4ccccc4)=CC(=O)[C@@]2(c2ccccc2)[C@H]3c2cccc(O)c2)C1=O. The van der Waals surface area contributed by atoms with Gasteiger partial charge >= 0.3 is 5.97 Å². The molecule has 0 aromatic heterocycles. The summed E-state index contributed by atoms with van der Waals surface area (Å²) in [5.41, 5.74) is 1.67. The molecule has 45 heavy (non-hydrogen) atoms. The first kappa shape index (κ1) is 28.6. The number of ketones is 2. The number of hydrogen-bond acceptors (Lipinski definition) is 6. The molecule has 1 saturated carbocycles. The predicted octanol–water partition coefficient (Wildman–Crippen LogP) is 4.69. The summed E-state index contributed by atoms with van der Waals surface area (Å²) in [7, 11) is 0. The number of amides is 2. The maximum Gasteiger partial charge on any atom is 0.305 e. The zero-order valence-electron chi connectivity index (χ0n) is 24.3. The number of benzene rings is 3. The molecule has 2 N–H and O–H groups in total. The van der Waals surface area contributed by atoms with Crippen LogP contribution in [0, 0.1) is 23.7 Å². The van der Waals surface area contributed by atoms with E-state index in [1.165, 1.54) is 6.08 Å². The molecular weight excluding hydrogens is 570 g/mol. The number of fused-ring (bicyclic) bond motifs is 4. The van der Waals surface area contributed by atoms with Crippen LogP contribution in [0.4, 0.5) is 0 Å². The van der Waals surface area contributed by atoms with Crippen LogP contribution < -0.4 is 0 Å². The summed E-state index contributed by atoms with van der Waals surface area (Å²) in [5, 5.41) is 19.9. The number of likely N-dealkylation sites (tertiary alicyclic amines) is 1. The first-order valence-electron chi connectivity index (χ1n) is 15.2. The zero-order valence-corrected chi connectivity index (χ0v) is 24.3. The fourth-order valence-electron chi connectivity index (χ4n) is 8.45. The van der Waals surface area contributed by atoms with Gasteiger partial charge in [0.2, 0.25) is 11.8 Å². The van der Waals surface area contributed by atoms with Crippen molar-refractivity contribution in [1.29, 1.82) is 0 Å². The number of allylic oxidation sites excluding steroid dienone is 4. The molecule has 0 bridgehead atoms. The normalized spacial score (nSPS) is 29.0. The largest absolute Gasteiger partial charge is 0.508 e. The van der Waals surface area contributed by atoms with Crippen LogP contribution in [0.3, 0.4) is 0 Å². The number of aromatic hydroxyl groups is 1. The Labute approximate surface area is 259 Å². The van der Waals surface area contributed by atoms with Crippen LogP contribution in [-0.4, -0.2) is 51.0 Å². The highest BCUT2D eigenvalue weighted by Crippen LogP contribution is 2.63. The molecule has 2 amide bonds. The van der Waals surface area contributed by atoms with Crippen molar-refractivity contribution in [2.45, 2.75) is 30.6 Å². The van der Waals surface area contributed by atoms with Gasteiger partial charge in [-0.05, 0) is 53.7 Å². The minimum absolute atomic E-state index is 0.00531. The van der Waals surface area contributed by atoms with Crippen molar-refractivity contribution in [2.24, 2.45) is 23.7 Å². The average molecular weight is 602 g/mol. The molecule has 0 radical (unpaired) electrons. The summed E-state index contributed by atoms with van der Waals surface area (Å²) < 4.78 is 0. The smallest absolute Gasteiger partial charge is 0.305 e. The highest BCUT2D eigenvalue weighted by molar-refractivity contribution is 6.31. The van der Waals surface area contributed by atoms with Gasteiger partial charge < -0.3 is 10.2 Å². The molecule has 3 aliphatic carbocycles. The summed E-state index contributed by atoms with van der Waals surface area (Å²) in [5.74, 6) is -5.97. The number of aliphatic carboxylic acids is 1. The standard InChI is InChI=1S/C37H31NO7/c39-24-13-7-10-22(18-24)33-25-14-15-26-32(36(45)38(35(26)44)17-16-31(41)42)28(25)19-29-34(43)27(21-8-3-1-4-9-21)20-30(40)37(29,33)23-11-5-2-6-12-23/h1-14,18,20,26,28-29,32-33,39H,15-17,19H2,(H,41,42)/t26-,28+,29-,32-,33-,37-/m0/s1. The van der Waals surface area contributed by atoms with Crippen molar-refractivity contribution < 1.29 is 34.2 Å². The van der Waals surface area contributed by atoms with Gasteiger partial charge in [0.05, 0.1) is 23.7 Å². The minimum atomic E-state index is -1.37. The topological polar surface area (TPSA) is 129 Å². The summed E-state index contributed by atoms with van der Waals surface area (Å²) >= 11 is 0. The third-order valence-electron chi connectivity index (χ3n) is 10.2. The Morgan fingerprint density at radius 1 is 0.867 bits per heavy atom. The van der Waals surface area contributed by atoms with Crippen LogP contribution in [0.15, 0.2) is 103 Å². The van der Waals surface area contributed by atoms with E-state index in [1.54, 1.807) is 30.3 Å². The number of hydrogen-bond donors (Lipinski definition) is 2. The molecule has 3 aromatic carbocycles. The average Bonchev–Trinajstić information content (AvgIpc) is 3.29. The third-order valence-corrected chi connectivity index (χ3v) is 10.2. The van der Waals surface area contributed by atoms with E-state index in [1.807, 2.05) is 60.7 Å². The first-order valence-corrected chi connectivity index (χ1v) is 15.2. The second-order valence-electron chi connectivity index (χ2n) is 12.4. The number of imide groups is 1. The van der Waals surface area contributed by atoms with Gasteiger partial charge in [-0.1, -0.05) is 84.4 Å². The molecule has 1 aliphatic heterocycles. The lowest BCUT2D eigenvalue weighted by Gasteiger charge is -2.55. The molecule has 8 heteroatoms. The molecule has 0 unspecified atom stereocenters. The molecule has 1 saturated heterocycles. The quantitative estimate of drug-likeness (QED) is 0.310. The van der Waals surface area contributed by atoms with Crippen molar-refractivity contribution in [1.82, 2.24) is 4.90 Å². The van der Waals surface area contributed by atoms with Crippen molar-refractivity contribution >= 4 is 34.9 Å². The van der Waals surface area contributed by atoms with Gasteiger partial charge in [-0.25, -0.2) is 0 Å². The van der Waals surface area contributed by atoms with E-state index in [9.17, 15) is 34.2 Å².